The molecule has 5 heteroatoms. The van der Waals surface area contributed by atoms with Crippen LogP contribution in [0.1, 0.15) is 28.0 Å². The van der Waals surface area contributed by atoms with Crippen molar-refractivity contribution in [2.75, 3.05) is 6.54 Å². The van der Waals surface area contributed by atoms with Crippen LogP contribution in [-0.4, -0.2) is 11.7 Å². The SMILES string of the molecule is Cc1csc(C(O)C(CN)c2ccccc2Cl)c1Cl. The summed E-state index contributed by atoms with van der Waals surface area (Å²) in [5, 5.41) is 13.7. The van der Waals surface area contributed by atoms with E-state index in [0.29, 0.717) is 16.6 Å². The second-order valence-corrected chi connectivity index (χ2v) is 6.10. The molecule has 2 aromatic rings. The fourth-order valence-electron chi connectivity index (χ4n) is 2.03. The van der Waals surface area contributed by atoms with Crippen LogP contribution >= 0.6 is 34.5 Å². The number of rotatable bonds is 4. The molecule has 1 heterocycles. The van der Waals surface area contributed by atoms with Gasteiger partial charge in [-0.3, -0.25) is 0 Å². The van der Waals surface area contributed by atoms with Crippen molar-refractivity contribution in [3.05, 3.63) is 55.7 Å². The van der Waals surface area contributed by atoms with Gasteiger partial charge in [0.05, 0.1) is 16.0 Å². The average molecular weight is 316 g/mol. The van der Waals surface area contributed by atoms with Crippen LogP contribution in [0.2, 0.25) is 10.0 Å². The summed E-state index contributed by atoms with van der Waals surface area (Å²) in [6.07, 6.45) is -0.740. The molecular weight excluding hydrogens is 301 g/mol. The molecule has 2 rings (SSSR count). The number of nitrogens with two attached hydrogens (primary N) is 1. The molecule has 0 fully saturated rings. The van der Waals surface area contributed by atoms with Crippen LogP contribution in [-0.2, 0) is 0 Å². The Labute approximate surface area is 126 Å². The maximum absolute atomic E-state index is 10.5. The first-order valence-corrected chi connectivity index (χ1v) is 7.55. The van der Waals surface area contributed by atoms with Gasteiger partial charge < -0.3 is 10.8 Å². The van der Waals surface area contributed by atoms with E-state index >= 15 is 0 Å². The Bertz CT molecular complexity index is 570. The van der Waals surface area contributed by atoms with E-state index in [4.69, 9.17) is 28.9 Å². The third-order valence-corrected chi connectivity index (χ3v) is 5.26. The Balaban J connectivity index is 2.38. The lowest BCUT2D eigenvalue weighted by Crippen LogP contribution is -2.20. The fourth-order valence-corrected chi connectivity index (χ4v) is 3.66. The van der Waals surface area contributed by atoms with E-state index in [2.05, 4.69) is 0 Å². The second-order valence-electron chi connectivity index (χ2n) is 4.41. The van der Waals surface area contributed by atoms with Crippen LogP contribution in [0, 0.1) is 6.92 Å². The monoisotopic (exact) mass is 315 g/mol. The molecular formula is C14H15Cl2NOS. The summed E-state index contributed by atoms with van der Waals surface area (Å²) in [4.78, 5) is 0.745. The van der Waals surface area contributed by atoms with Gasteiger partial charge in [0.15, 0.2) is 0 Å². The van der Waals surface area contributed by atoms with Crippen molar-refractivity contribution in [3.63, 3.8) is 0 Å². The van der Waals surface area contributed by atoms with E-state index in [9.17, 15) is 5.11 Å². The summed E-state index contributed by atoms with van der Waals surface area (Å²) in [7, 11) is 0. The molecule has 0 aliphatic rings. The van der Waals surface area contributed by atoms with Gasteiger partial charge >= 0.3 is 0 Å². The number of hydrogen-bond donors (Lipinski definition) is 2. The van der Waals surface area contributed by atoms with Crippen LogP contribution in [0.15, 0.2) is 29.6 Å². The molecule has 1 aromatic carbocycles. The second kappa shape index (κ2) is 6.25. The Morgan fingerprint density at radius 1 is 1.32 bits per heavy atom. The van der Waals surface area contributed by atoms with Crippen molar-refractivity contribution >= 4 is 34.5 Å². The Morgan fingerprint density at radius 3 is 2.53 bits per heavy atom. The van der Waals surface area contributed by atoms with Crippen molar-refractivity contribution in [2.24, 2.45) is 5.73 Å². The number of halogens is 2. The van der Waals surface area contributed by atoms with E-state index in [0.717, 1.165) is 16.0 Å². The molecule has 1 aromatic heterocycles. The highest BCUT2D eigenvalue weighted by Gasteiger charge is 2.26. The highest BCUT2D eigenvalue weighted by atomic mass is 35.5. The van der Waals surface area contributed by atoms with Crippen LogP contribution in [0.5, 0.6) is 0 Å². The zero-order chi connectivity index (χ0) is 14.0. The predicted molar refractivity (Wildman–Crippen MR) is 82.3 cm³/mol. The van der Waals surface area contributed by atoms with Crippen LogP contribution in [0.25, 0.3) is 0 Å². The predicted octanol–water partition coefficient (Wildman–Crippen LogP) is 4.14. The molecule has 2 unspecified atom stereocenters. The van der Waals surface area contributed by atoms with Gasteiger partial charge in [0.2, 0.25) is 0 Å². The largest absolute Gasteiger partial charge is 0.387 e. The van der Waals surface area contributed by atoms with Crippen LogP contribution < -0.4 is 5.73 Å². The van der Waals surface area contributed by atoms with E-state index in [1.165, 1.54) is 11.3 Å². The van der Waals surface area contributed by atoms with E-state index in [1.807, 2.05) is 30.5 Å². The average Bonchev–Trinajstić information content (AvgIpc) is 2.73. The summed E-state index contributed by atoms with van der Waals surface area (Å²) in [6.45, 7) is 2.22. The van der Waals surface area contributed by atoms with Crippen molar-refractivity contribution in [1.82, 2.24) is 0 Å². The van der Waals surface area contributed by atoms with E-state index < -0.39 is 6.10 Å². The molecule has 102 valence electrons. The zero-order valence-corrected chi connectivity index (χ0v) is 12.8. The minimum Gasteiger partial charge on any atom is -0.387 e. The zero-order valence-electron chi connectivity index (χ0n) is 10.4. The summed E-state index contributed by atoms with van der Waals surface area (Å²) < 4.78 is 0. The Kier molecular flexibility index (Phi) is 4.87. The van der Waals surface area contributed by atoms with E-state index in [1.54, 1.807) is 6.07 Å². The topological polar surface area (TPSA) is 46.2 Å². The normalized spacial score (nSPS) is 14.4. The standard InChI is InChI=1S/C14H15Cl2NOS/c1-8-7-19-14(12(8)16)13(18)10(6-17)9-4-2-3-5-11(9)15/h2-5,7,10,13,18H,6,17H2,1H3. The van der Waals surface area contributed by atoms with Crippen molar-refractivity contribution in [3.8, 4) is 0 Å². The summed E-state index contributed by atoms with van der Waals surface area (Å²) in [5.41, 5.74) is 7.63. The lowest BCUT2D eigenvalue weighted by atomic mass is 9.92. The molecule has 0 saturated carbocycles. The van der Waals surface area contributed by atoms with Crippen LogP contribution in [0.3, 0.4) is 0 Å². The Hall–Kier alpha value is -0.580. The lowest BCUT2D eigenvalue weighted by Gasteiger charge is -2.22. The third-order valence-electron chi connectivity index (χ3n) is 3.13. The number of aliphatic hydroxyl groups excluding tert-OH is 1. The lowest BCUT2D eigenvalue weighted by molar-refractivity contribution is 0.151. The van der Waals surface area contributed by atoms with Crippen LogP contribution in [0.4, 0.5) is 0 Å². The van der Waals surface area contributed by atoms with Crippen molar-refractivity contribution < 1.29 is 5.11 Å². The Morgan fingerprint density at radius 2 is 2.00 bits per heavy atom. The van der Waals surface area contributed by atoms with Gasteiger partial charge in [-0.05, 0) is 29.5 Å². The molecule has 0 radical (unpaired) electrons. The maximum Gasteiger partial charge on any atom is 0.0977 e. The summed E-state index contributed by atoms with van der Waals surface area (Å²) >= 11 is 13.8. The summed E-state index contributed by atoms with van der Waals surface area (Å²) in [6, 6.07) is 7.43. The first-order chi connectivity index (χ1) is 9.06. The van der Waals surface area contributed by atoms with E-state index in [-0.39, 0.29) is 5.92 Å². The highest BCUT2D eigenvalue weighted by molar-refractivity contribution is 7.10. The van der Waals surface area contributed by atoms with Gasteiger partial charge in [-0.25, -0.2) is 0 Å². The molecule has 0 aliphatic heterocycles. The smallest absolute Gasteiger partial charge is 0.0977 e. The van der Waals surface area contributed by atoms with Gasteiger partial charge in [0.1, 0.15) is 0 Å². The number of aliphatic hydroxyl groups is 1. The molecule has 2 nitrogen and oxygen atoms in total. The minimum absolute atomic E-state index is 0.260. The molecule has 0 amide bonds. The van der Waals surface area contributed by atoms with Gasteiger partial charge in [-0.1, -0.05) is 41.4 Å². The molecule has 0 spiro atoms. The molecule has 2 atom stereocenters. The fraction of sp³-hybridized carbons (Fsp3) is 0.286. The summed E-state index contributed by atoms with van der Waals surface area (Å²) in [5.74, 6) is -0.260. The minimum atomic E-state index is -0.740. The third kappa shape index (κ3) is 2.96. The van der Waals surface area contributed by atoms with Gasteiger partial charge in [0.25, 0.3) is 0 Å². The van der Waals surface area contributed by atoms with Crippen molar-refractivity contribution in [1.29, 1.82) is 0 Å². The molecule has 3 N–H and O–H groups in total. The molecule has 0 saturated heterocycles. The van der Waals surface area contributed by atoms with Gasteiger partial charge in [-0.2, -0.15) is 0 Å². The van der Waals surface area contributed by atoms with Gasteiger partial charge in [-0.15, -0.1) is 11.3 Å². The number of aryl methyl sites for hydroxylation is 1. The first kappa shape index (κ1) is 14.8. The molecule has 0 aliphatic carbocycles. The highest BCUT2D eigenvalue weighted by Crippen LogP contribution is 2.40. The number of hydrogen-bond acceptors (Lipinski definition) is 3. The quantitative estimate of drug-likeness (QED) is 0.890. The van der Waals surface area contributed by atoms with Crippen molar-refractivity contribution in [2.45, 2.75) is 18.9 Å². The van der Waals surface area contributed by atoms with Gasteiger partial charge in [0, 0.05) is 17.5 Å². The number of thiophene rings is 1. The molecule has 19 heavy (non-hydrogen) atoms. The first-order valence-electron chi connectivity index (χ1n) is 5.92. The maximum atomic E-state index is 10.5. The number of benzene rings is 1. The molecule has 0 bridgehead atoms.